The summed E-state index contributed by atoms with van der Waals surface area (Å²) in [5.41, 5.74) is 12.7. The van der Waals surface area contributed by atoms with E-state index in [2.05, 4.69) is 95.9 Å². The van der Waals surface area contributed by atoms with Gasteiger partial charge in [-0.3, -0.25) is 19.0 Å². The van der Waals surface area contributed by atoms with Gasteiger partial charge in [0.2, 0.25) is 0 Å². The van der Waals surface area contributed by atoms with Crippen LogP contribution in [0.4, 0.5) is 0 Å². The van der Waals surface area contributed by atoms with Gasteiger partial charge in [-0.1, -0.05) is 72.5 Å². The molecular weight excluding hydrogens is 661 g/mol. The first-order chi connectivity index (χ1) is 24.4. The number of carbonyl (C=O) groups excluding carboxylic acids is 2. The molecule has 10 heteroatoms. The highest BCUT2D eigenvalue weighted by molar-refractivity contribution is 7.14. The van der Waals surface area contributed by atoms with Gasteiger partial charge in [-0.25, -0.2) is 0 Å². The van der Waals surface area contributed by atoms with Crippen LogP contribution in [0, 0.1) is 13.8 Å². The molecule has 0 aliphatic heterocycles. The molecule has 8 nitrogen and oxygen atoms in total. The minimum absolute atomic E-state index is 0.102. The molecule has 0 saturated heterocycles. The van der Waals surface area contributed by atoms with Gasteiger partial charge in [0.15, 0.2) is 11.4 Å². The summed E-state index contributed by atoms with van der Waals surface area (Å²) in [6, 6.07) is 21.3. The van der Waals surface area contributed by atoms with Gasteiger partial charge in [0.05, 0.1) is 34.2 Å². The van der Waals surface area contributed by atoms with Crippen molar-refractivity contribution >= 4 is 34.5 Å². The van der Waals surface area contributed by atoms with Crippen LogP contribution in [-0.4, -0.2) is 44.5 Å². The second-order valence-corrected chi connectivity index (χ2v) is 15.3. The summed E-state index contributed by atoms with van der Waals surface area (Å²) in [6.45, 7) is 6.64. The molecule has 0 atom stereocenters. The number of unbranched alkanes of at least 4 members (excludes halogenated alkanes) is 3. The van der Waals surface area contributed by atoms with Crippen molar-refractivity contribution in [2.45, 2.75) is 65.5 Å². The summed E-state index contributed by atoms with van der Waals surface area (Å²) in [4.78, 5) is 29.1. The van der Waals surface area contributed by atoms with E-state index in [1.807, 2.05) is 9.36 Å². The summed E-state index contributed by atoms with van der Waals surface area (Å²) < 4.78 is 4.02. The molecule has 8 rings (SSSR count). The Morgan fingerprint density at radius 3 is 1.46 bits per heavy atom. The van der Waals surface area contributed by atoms with Crippen molar-refractivity contribution in [3.8, 4) is 21.1 Å². The highest BCUT2D eigenvalue weighted by atomic mass is 32.1. The number of nitrogens with zero attached hydrogens (tertiary/aromatic N) is 4. The van der Waals surface area contributed by atoms with Crippen LogP contribution in [0.2, 0.25) is 0 Å². The second kappa shape index (κ2) is 13.8. The smallest absolute Gasteiger partial charge is 0.272 e. The lowest BCUT2D eigenvalue weighted by atomic mass is 10.1. The molecule has 6 aromatic rings. The highest BCUT2D eigenvalue weighted by Gasteiger charge is 2.32. The average Bonchev–Trinajstić information content (AvgIpc) is 3.94. The molecule has 0 spiro atoms. The molecule has 2 N–H and O–H groups in total. The molecule has 4 heterocycles. The van der Waals surface area contributed by atoms with Crippen molar-refractivity contribution in [3.63, 3.8) is 0 Å². The Morgan fingerprint density at radius 1 is 0.620 bits per heavy atom. The number of carbonyl (C=O) groups is 2. The number of hydrogen-bond donors (Lipinski definition) is 2. The minimum Gasteiger partial charge on any atom is -0.351 e. The SMILES string of the molecule is Cc1ccc(Cn2nc(C(=O)NCCCCCCNC(=O)c3nn(Cc4ccc(C)cc4)c4c3Cc3ccsc3-4)c3c2-c2sccc2C3)cc1. The third kappa shape index (κ3) is 6.33. The molecule has 2 aromatic carbocycles. The zero-order valence-electron chi connectivity index (χ0n) is 28.4. The molecule has 4 aromatic heterocycles. The molecule has 0 unspecified atom stereocenters. The number of amides is 2. The quantitative estimate of drug-likeness (QED) is 0.120. The van der Waals surface area contributed by atoms with E-state index in [4.69, 9.17) is 10.2 Å². The molecule has 50 heavy (non-hydrogen) atoms. The number of nitrogens with one attached hydrogen (secondary N) is 2. The Bertz CT molecular complexity index is 2030. The van der Waals surface area contributed by atoms with E-state index >= 15 is 0 Å². The molecule has 254 valence electrons. The number of benzene rings is 2. The number of hydrogen-bond acceptors (Lipinski definition) is 6. The Labute approximate surface area is 300 Å². The van der Waals surface area contributed by atoms with Crippen molar-refractivity contribution in [2.75, 3.05) is 13.1 Å². The van der Waals surface area contributed by atoms with E-state index in [-0.39, 0.29) is 11.8 Å². The fourth-order valence-corrected chi connectivity index (χ4v) is 9.09. The summed E-state index contributed by atoms with van der Waals surface area (Å²) >= 11 is 3.44. The van der Waals surface area contributed by atoms with Crippen LogP contribution in [0.5, 0.6) is 0 Å². The predicted molar refractivity (Wildman–Crippen MR) is 200 cm³/mol. The van der Waals surface area contributed by atoms with Crippen molar-refractivity contribution in [1.82, 2.24) is 30.2 Å². The van der Waals surface area contributed by atoms with Crippen LogP contribution < -0.4 is 10.6 Å². The first-order valence-corrected chi connectivity index (χ1v) is 19.2. The van der Waals surface area contributed by atoms with Gasteiger partial charge in [0, 0.05) is 37.1 Å². The van der Waals surface area contributed by atoms with E-state index in [0.717, 1.165) is 61.0 Å². The van der Waals surface area contributed by atoms with E-state index < -0.39 is 0 Å². The Kier molecular flexibility index (Phi) is 8.97. The molecule has 0 radical (unpaired) electrons. The maximum atomic E-state index is 13.3. The fraction of sp³-hybridized carbons (Fsp3) is 0.300. The van der Waals surface area contributed by atoms with Crippen LogP contribution >= 0.6 is 22.7 Å². The van der Waals surface area contributed by atoms with Gasteiger partial charge in [0.25, 0.3) is 11.8 Å². The lowest BCUT2D eigenvalue weighted by Gasteiger charge is -2.07. The molecule has 0 saturated carbocycles. The number of rotatable bonds is 13. The molecular formula is C40H40N6O2S2. The fourth-order valence-electron chi connectivity index (χ4n) is 7.09. The Balaban J connectivity index is 0.820. The Hall–Kier alpha value is -4.80. The monoisotopic (exact) mass is 700 g/mol. The molecule has 0 fully saturated rings. The maximum absolute atomic E-state index is 13.3. The normalized spacial score (nSPS) is 12.4. The third-order valence-electron chi connectivity index (χ3n) is 9.77. The highest BCUT2D eigenvalue weighted by Crippen LogP contribution is 2.43. The van der Waals surface area contributed by atoms with Crippen LogP contribution in [0.15, 0.2) is 71.4 Å². The van der Waals surface area contributed by atoms with Crippen LogP contribution in [0.3, 0.4) is 0 Å². The number of thiophene rings is 2. The van der Waals surface area contributed by atoms with Gasteiger partial charge in [-0.15, -0.1) is 22.7 Å². The summed E-state index contributed by atoms with van der Waals surface area (Å²) in [5, 5.41) is 20.1. The number of fused-ring (bicyclic) bond motifs is 6. The van der Waals surface area contributed by atoms with Crippen molar-refractivity contribution in [1.29, 1.82) is 0 Å². The van der Waals surface area contributed by atoms with Crippen LogP contribution in [0.1, 0.15) is 91.2 Å². The third-order valence-corrected chi connectivity index (χ3v) is 11.7. The summed E-state index contributed by atoms with van der Waals surface area (Å²) in [5.74, 6) is -0.204. The maximum Gasteiger partial charge on any atom is 0.272 e. The van der Waals surface area contributed by atoms with Crippen molar-refractivity contribution in [2.24, 2.45) is 0 Å². The van der Waals surface area contributed by atoms with E-state index in [0.29, 0.717) is 37.6 Å². The zero-order chi connectivity index (χ0) is 34.2. The average molecular weight is 701 g/mol. The first-order valence-electron chi connectivity index (χ1n) is 17.4. The molecule has 2 aliphatic carbocycles. The van der Waals surface area contributed by atoms with Crippen LogP contribution in [0.25, 0.3) is 21.1 Å². The molecule has 2 amide bonds. The van der Waals surface area contributed by atoms with Gasteiger partial charge in [-0.2, -0.15) is 10.2 Å². The van der Waals surface area contributed by atoms with Crippen molar-refractivity contribution in [3.05, 3.63) is 127 Å². The van der Waals surface area contributed by atoms with Gasteiger partial charge >= 0.3 is 0 Å². The van der Waals surface area contributed by atoms with Gasteiger partial charge < -0.3 is 10.6 Å². The lowest BCUT2D eigenvalue weighted by Crippen LogP contribution is -2.26. The molecule has 0 bridgehead atoms. The topological polar surface area (TPSA) is 93.8 Å². The largest absolute Gasteiger partial charge is 0.351 e. The van der Waals surface area contributed by atoms with E-state index in [9.17, 15) is 9.59 Å². The second-order valence-electron chi connectivity index (χ2n) is 13.5. The zero-order valence-corrected chi connectivity index (χ0v) is 30.1. The predicted octanol–water partition coefficient (Wildman–Crippen LogP) is 7.78. The lowest BCUT2D eigenvalue weighted by molar-refractivity contribution is 0.0936. The van der Waals surface area contributed by atoms with E-state index in [1.165, 1.54) is 43.1 Å². The standard InChI is InChI=1S/C40H40N6O2S2/c1-25-7-11-27(12-8-25)23-45-35-31(21-29-15-19-49-37(29)35)33(43-45)39(47)41-17-5-3-4-6-18-42-40(48)34-32-22-30-16-20-50-38(30)36(32)46(44-34)24-28-13-9-26(2)10-14-28/h7-16,19-20H,3-6,17-18,21-24H2,1-2H3,(H,41,47)(H,42,48). The number of aryl methyl sites for hydroxylation is 2. The summed E-state index contributed by atoms with van der Waals surface area (Å²) in [6.07, 6.45) is 5.18. The minimum atomic E-state index is -0.102. The van der Waals surface area contributed by atoms with Crippen molar-refractivity contribution < 1.29 is 9.59 Å². The molecule has 2 aliphatic rings. The Morgan fingerprint density at radius 2 is 1.04 bits per heavy atom. The van der Waals surface area contributed by atoms with Gasteiger partial charge in [0.1, 0.15) is 0 Å². The number of aromatic nitrogens is 4. The summed E-state index contributed by atoms with van der Waals surface area (Å²) in [7, 11) is 0. The van der Waals surface area contributed by atoms with Gasteiger partial charge in [-0.05, 0) is 71.8 Å². The van der Waals surface area contributed by atoms with E-state index in [1.54, 1.807) is 22.7 Å². The first kappa shape index (κ1) is 32.4. The van der Waals surface area contributed by atoms with Crippen LogP contribution in [-0.2, 0) is 25.9 Å².